The van der Waals surface area contributed by atoms with Crippen molar-refractivity contribution >= 4 is 70.8 Å². The maximum Gasteiger partial charge on any atom is 0.488 e. The number of anilines is 2. The summed E-state index contributed by atoms with van der Waals surface area (Å²) in [4.78, 5) is 51.9. The number of halogens is 7. The van der Waals surface area contributed by atoms with Gasteiger partial charge in [-0.3, -0.25) is 24.1 Å². The molecule has 6 atom stereocenters. The summed E-state index contributed by atoms with van der Waals surface area (Å²) in [6, 6.07) is 9.06. The van der Waals surface area contributed by atoms with Crippen LogP contribution in [0.15, 0.2) is 54.1 Å². The number of imide groups is 2. The number of aromatic hydroxyl groups is 1. The van der Waals surface area contributed by atoms with E-state index in [1.54, 1.807) is 6.92 Å². The number of rotatable bonds is 6. The van der Waals surface area contributed by atoms with Crippen LogP contribution in [-0.4, -0.2) is 62.3 Å². The van der Waals surface area contributed by atoms with Crippen LogP contribution >= 0.6 is 23.2 Å². The van der Waals surface area contributed by atoms with E-state index in [9.17, 15) is 47.5 Å². The minimum atomic E-state index is -2.75. The molecule has 270 valence electrons. The number of hydrogen-bond acceptors (Lipinski definition) is 8. The summed E-state index contributed by atoms with van der Waals surface area (Å²) in [6.45, 7) is 1.65. The molecule has 18 heteroatoms. The van der Waals surface area contributed by atoms with Gasteiger partial charge in [-0.1, -0.05) is 29.8 Å². The Kier molecular flexibility index (Phi) is 8.48. The lowest BCUT2D eigenvalue weighted by atomic mass is 9.56. The molecule has 2 heterocycles. The minimum absolute atomic E-state index is 0.000635. The van der Waals surface area contributed by atoms with Gasteiger partial charge in [0.2, 0.25) is 17.6 Å². The molecule has 3 fully saturated rings. The van der Waals surface area contributed by atoms with Crippen molar-refractivity contribution in [3.8, 4) is 11.5 Å². The van der Waals surface area contributed by atoms with Crippen molar-refractivity contribution in [2.24, 2.45) is 17.8 Å². The molecule has 0 radical (unpaired) electrons. The smallest absolute Gasteiger partial charge is 0.488 e. The predicted molar refractivity (Wildman–Crippen MR) is 174 cm³/mol. The van der Waals surface area contributed by atoms with Gasteiger partial charge in [-0.2, -0.15) is 0 Å². The van der Waals surface area contributed by atoms with Crippen molar-refractivity contribution in [2.45, 2.75) is 35.4 Å². The van der Waals surface area contributed by atoms with E-state index in [-0.39, 0.29) is 51.7 Å². The highest BCUT2D eigenvalue weighted by Gasteiger charge is 2.77. The zero-order chi connectivity index (χ0) is 37.8. The monoisotopic (exact) mass is 764 g/mol. The van der Waals surface area contributed by atoms with Crippen LogP contribution in [0.5, 0.6) is 11.5 Å². The minimum Gasteiger partial charge on any atom is -0.504 e. The Morgan fingerprint density at radius 3 is 2.15 bits per heavy atom. The van der Waals surface area contributed by atoms with Crippen LogP contribution in [0.4, 0.5) is 33.3 Å². The molecule has 0 unspecified atom stereocenters. The zero-order valence-corrected chi connectivity index (χ0v) is 28.1. The molecule has 7 rings (SSSR count). The number of alkyl halides is 2. The van der Waals surface area contributed by atoms with Gasteiger partial charge >= 0.3 is 7.12 Å². The molecule has 3 aromatic rings. The normalized spacial score (nSPS) is 28.2. The molecule has 2 saturated heterocycles. The molecule has 3 N–H and O–H groups in total. The summed E-state index contributed by atoms with van der Waals surface area (Å²) >= 11 is 14.3. The summed E-state index contributed by atoms with van der Waals surface area (Å²) in [5.41, 5.74) is -1.69. The topological polar surface area (TPSA) is 145 Å². The van der Waals surface area contributed by atoms with Gasteiger partial charge < -0.3 is 19.9 Å². The second-order valence-corrected chi connectivity index (χ2v) is 14.1. The van der Waals surface area contributed by atoms with E-state index < -0.39 is 105 Å². The largest absolute Gasteiger partial charge is 0.504 e. The zero-order valence-electron chi connectivity index (χ0n) is 26.5. The summed E-state index contributed by atoms with van der Waals surface area (Å²) in [5.74, 6) is -22.7. The predicted octanol–water partition coefficient (Wildman–Crippen LogP) is 3.93. The average Bonchev–Trinajstić information content (AvgIpc) is 3.45. The number of fused-ring (bicyclic) bond motifs is 4. The van der Waals surface area contributed by atoms with Crippen molar-refractivity contribution in [1.82, 2.24) is 0 Å². The van der Waals surface area contributed by atoms with Crippen LogP contribution in [0, 0.1) is 46.8 Å². The number of phenolic OH excluding ortho intramolecular Hbond substituents is 1. The fourth-order valence-corrected chi connectivity index (χ4v) is 8.94. The number of hydrogen-bond donors (Lipinski definition) is 3. The number of carbonyl (C=O) groups is 4. The second-order valence-electron chi connectivity index (χ2n) is 12.8. The molecule has 0 bridgehead atoms. The number of ether oxygens (including phenoxy) is 1. The van der Waals surface area contributed by atoms with Gasteiger partial charge in [0.1, 0.15) is 5.69 Å². The van der Waals surface area contributed by atoms with Gasteiger partial charge in [0.15, 0.2) is 44.5 Å². The van der Waals surface area contributed by atoms with Crippen molar-refractivity contribution in [2.75, 3.05) is 16.4 Å². The molecular formula is C34H24BCl2F5N2O8. The molecule has 52 heavy (non-hydrogen) atoms. The van der Waals surface area contributed by atoms with Crippen LogP contribution in [0.1, 0.15) is 31.2 Å². The summed E-state index contributed by atoms with van der Waals surface area (Å²) in [7, 11) is -1.94. The SMILES string of the molecule is CCOc1cc([C@H]2C3=CC[C@@H]4C(=O)N(c5cccc(B(O)O)c5)C(=O)[C@@H]4[C@@H]3C[C@@]3(Cl)C(=O)N(c4c(F)c(F)c(F)c(F)c4F)C(=O)[C@@]23Cl)ccc1O. The lowest BCUT2D eigenvalue weighted by Crippen LogP contribution is -2.60. The van der Waals surface area contributed by atoms with Gasteiger partial charge in [0, 0.05) is 5.92 Å². The van der Waals surface area contributed by atoms with E-state index in [1.165, 1.54) is 48.5 Å². The third-order valence-electron chi connectivity index (χ3n) is 10.3. The highest BCUT2D eigenvalue weighted by Crippen LogP contribution is 2.66. The first-order valence-electron chi connectivity index (χ1n) is 15.8. The molecule has 1 saturated carbocycles. The number of nitrogens with zero attached hydrogens (tertiary/aromatic N) is 2. The maximum absolute atomic E-state index is 15.3. The number of phenols is 1. The number of carbonyl (C=O) groups excluding carboxylic acids is 4. The van der Waals surface area contributed by atoms with Gasteiger partial charge in [-0.05, 0) is 61.0 Å². The van der Waals surface area contributed by atoms with E-state index >= 15 is 8.78 Å². The first-order valence-corrected chi connectivity index (χ1v) is 16.5. The first kappa shape index (κ1) is 35.9. The van der Waals surface area contributed by atoms with Crippen LogP contribution in [0.3, 0.4) is 0 Å². The Hall–Kier alpha value is -4.51. The number of allylic oxidation sites excluding steroid dienone is 2. The van der Waals surface area contributed by atoms with E-state index in [0.717, 1.165) is 4.90 Å². The fraction of sp³-hybridized carbons (Fsp3) is 0.294. The lowest BCUT2D eigenvalue weighted by Gasteiger charge is -2.50. The van der Waals surface area contributed by atoms with Crippen LogP contribution in [0.2, 0.25) is 0 Å². The summed E-state index contributed by atoms with van der Waals surface area (Å²) in [5, 5.41) is 29.9. The molecule has 4 amide bonds. The lowest BCUT2D eigenvalue weighted by molar-refractivity contribution is -0.125. The molecule has 0 spiro atoms. The van der Waals surface area contributed by atoms with Gasteiger partial charge in [0.25, 0.3) is 11.8 Å². The highest BCUT2D eigenvalue weighted by molar-refractivity contribution is 6.59. The summed E-state index contributed by atoms with van der Waals surface area (Å²) < 4.78 is 79.0. The van der Waals surface area contributed by atoms with E-state index in [2.05, 4.69) is 0 Å². The van der Waals surface area contributed by atoms with Crippen molar-refractivity contribution in [1.29, 1.82) is 0 Å². The highest BCUT2D eigenvalue weighted by atomic mass is 35.5. The average molecular weight is 765 g/mol. The Bertz CT molecular complexity index is 2130. The molecule has 2 aliphatic heterocycles. The molecule has 10 nitrogen and oxygen atoms in total. The van der Waals surface area contributed by atoms with Gasteiger partial charge in [-0.15, -0.1) is 23.2 Å². The third-order valence-corrected chi connectivity index (χ3v) is 11.7. The fourth-order valence-electron chi connectivity index (χ4n) is 8.00. The van der Waals surface area contributed by atoms with Crippen LogP contribution < -0.4 is 20.0 Å². The molecule has 4 aliphatic rings. The van der Waals surface area contributed by atoms with E-state index in [0.29, 0.717) is 0 Å². The molecular weight excluding hydrogens is 741 g/mol. The third kappa shape index (κ3) is 4.70. The van der Waals surface area contributed by atoms with Crippen LogP contribution in [-0.2, 0) is 19.2 Å². The molecule has 3 aromatic carbocycles. The molecule has 0 aromatic heterocycles. The number of amides is 4. The van der Waals surface area contributed by atoms with Crippen molar-refractivity contribution < 1.29 is 61.0 Å². The van der Waals surface area contributed by atoms with Gasteiger partial charge in [0.05, 0.1) is 24.1 Å². The van der Waals surface area contributed by atoms with Crippen molar-refractivity contribution in [3.63, 3.8) is 0 Å². The van der Waals surface area contributed by atoms with Crippen molar-refractivity contribution in [3.05, 3.63) is 88.8 Å². The quantitative estimate of drug-likeness (QED) is 0.0652. The number of benzene rings is 3. The Balaban J connectivity index is 1.43. The Morgan fingerprint density at radius 1 is 0.865 bits per heavy atom. The molecule has 2 aliphatic carbocycles. The van der Waals surface area contributed by atoms with E-state index in [1.807, 2.05) is 0 Å². The first-order chi connectivity index (χ1) is 24.5. The maximum atomic E-state index is 15.3. The Morgan fingerprint density at radius 2 is 1.52 bits per heavy atom. The van der Waals surface area contributed by atoms with Crippen LogP contribution in [0.25, 0.3) is 0 Å². The Labute approximate surface area is 301 Å². The van der Waals surface area contributed by atoms with Gasteiger partial charge in [-0.25, -0.2) is 26.9 Å². The standard InChI is InChI=1S/C34H24BCl2F5N2O8/c1-2-52-20-10-13(6-9-19(20)45)22-16-7-8-17-21(30(47)43(29(17)46)15-5-3-4-14(11-15)35(50)51)18(16)12-33(36)31(48)44(32(49)34(22,33)37)28-26(41)24(39)23(38)25(40)27(28)42/h3-7,9-11,17-18,21-22,45,50-51H,2,8,12H2,1H3/t17-,18+,21-,22-,33+,34-/m0/s1. The second kappa shape index (κ2) is 12.3. The van der Waals surface area contributed by atoms with E-state index in [4.69, 9.17) is 27.9 Å². The summed E-state index contributed by atoms with van der Waals surface area (Å²) in [6.07, 6.45) is 0.695.